The number of rotatable bonds is 2. The van der Waals surface area contributed by atoms with Crippen molar-refractivity contribution < 1.29 is 0 Å². The molecule has 2 rings (SSSR count). The highest BCUT2D eigenvalue weighted by Crippen LogP contribution is 2.22. The summed E-state index contributed by atoms with van der Waals surface area (Å²) in [6.07, 6.45) is 12.2. The summed E-state index contributed by atoms with van der Waals surface area (Å²) in [5, 5.41) is 4.52. The van der Waals surface area contributed by atoms with Gasteiger partial charge in [-0.15, -0.1) is 0 Å². The molecule has 2 aliphatic rings. The Labute approximate surface area is 105 Å². The van der Waals surface area contributed by atoms with E-state index in [2.05, 4.69) is 17.3 Å². The van der Waals surface area contributed by atoms with E-state index in [1.807, 2.05) is 0 Å². The molecule has 0 aromatic carbocycles. The molecule has 2 nitrogen and oxygen atoms in total. The summed E-state index contributed by atoms with van der Waals surface area (Å²) in [4.78, 5) is 2.31. The Hall–Kier alpha value is -0.310. The molecule has 0 spiro atoms. The van der Waals surface area contributed by atoms with Gasteiger partial charge in [0.05, 0.1) is 0 Å². The SMILES string of the molecule is CN(C(=S)NC1CCCC1)C1CCCCC1. The van der Waals surface area contributed by atoms with Crippen LogP contribution in [-0.4, -0.2) is 29.1 Å². The molecule has 1 N–H and O–H groups in total. The number of hydrogen-bond acceptors (Lipinski definition) is 1. The van der Waals surface area contributed by atoms with Crippen molar-refractivity contribution >= 4 is 17.3 Å². The summed E-state index contributed by atoms with van der Waals surface area (Å²) >= 11 is 5.51. The van der Waals surface area contributed by atoms with Gasteiger partial charge < -0.3 is 10.2 Å². The average molecular weight is 240 g/mol. The van der Waals surface area contributed by atoms with E-state index in [0.29, 0.717) is 12.1 Å². The third-order valence-corrected chi connectivity index (χ3v) is 4.53. The predicted molar refractivity (Wildman–Crippen MR) is 72.6 cm³/mol. The quantitative estimate of drug-likeness (QED) is 0.747. The summed E-state index contributed by atoms with van der Waals surface area (Å²) < 4.78 is 0. The third kappa shape index (κ3) is 3.09. The van der Waals surface area contributed by atoms with Crippen molar-refractivity contribution in [1.82, 2.24) is 10.2 Å². The minimum absolute atomic E-state index is 0.651. The normalized spacial score (nSPS) is 23.3. The molecule has 16 heavy (non-hydrogen) atoms. The van der Waals surface area contributed by atoms with E-state index in [1.165, 1.54) is 57.8 Å². The lowest BCUT2D eigenvalue weighted by molar-refractivity contribution is 0.274. The van der Waals surface area contributed by atoms with Crippen molar-refractivity contribution in [2.75, 3.05) is 7.05 Å². The van der Waals surface area contributed by atoms with E-state index in [4.69, 9.17) is 12.2 Å². The van der Waals surface area contributed by atoms with Gasteiger partial charge in [-0.25, -0.2) is 0 Å². The van der Waals surface area contributed by atoms with Crippen LogP contribution in [0.15, 0.2) is 0 Å². The minimum Gasteiger partial charge on any atom is -0.360 e. The molecular formula is C13H24N2S. The molecule has 3 heteroatoms. The molecular weight excluding hydrogens is 216 g/mol. The van der Waals surface area contributed by atoms with Gasteiger partial charge in [0, 0.05) is 19.1 Å². The van der Waals surface area contributed by atoms with Crippen LogP contribution in [0.2, 0.25) is 0 Å². The van der Waals surface area contributed by atoms with Crippen LogP contribution in [0.4, 0.5) is 0 Å². The summed E-state index contributed by atoms with van der Waals surface area (Å²) in [5.41, 5.74) is 0. The Morgan fingerprint density at radius 1 is 1.00 bits per heavy atom. The molecule has 0 aromatic heterocycles. The van der Waals surface area contributed by atoms with Gasteiger partial charge in [0.1, 0.15) is 0 Å². The first-order valence-corrected chi connectivity index (χ1v) is 7.21. The lowest BCUT2D eigenvalue weighted by atomic mass is 9.95. The van der Waals surface area contributed by atoms with Crippen molar-refractivity contribution in [3.05, 3.63) is 0 Å². The Balaban J connectivity index is 1.78. The van der Waals surface area contributed by atoms with Gasteiger partial charge >= 0.3 is 0 Å². The fourth-order valence-electron chi connectivity index (χ4n) is 2.98. The third-order valence-electron chi connectivity index (χ3n) is 4.13. The van der Waals surface area contributed by atoms with Crippen molar-refractivity contribution in [1.29, 1.82) is 0 Å². The molecule has 0 atom stereocenters. The lowest BCUT2D eigenvalue weighted by Crippen LogP contribution is -2.47. The highest BCUT2D eigenvalue weighted by molar-refractivity contribution is 7.80. The van der Waals surface area contributed by atoms with Crippen molar-refractivity contribution in [2.24, 2.45) is 0 Å². The molecule has 2 aliphatic carbocycles. The van der Waals surface area contributed by atoms with Gasteiger partial charge in [-0.05, 0) is 37.9 Å². The van der Waals surface area contributed by atoms with Crippen LogP contribution in [0.25, 0.3) is 0 Å². The van der Waals surface area contributed by atoms with Gasteiger partial charge in [-0.3, -0.25) is 0 Å². The van der Waals surface area contributed by atoms with Crippen LogP contribution in [0, 0.1) is 0 Å². The van der Waals surface area contributed by atoms with E-state index >= 15 is 0 Å². The Morgan fingerprint density at radius 2 is 1.56 bits per heavy atom. The van der Waals surface area contributed by atoms with E-state index in [1.54, 1.807) is 0 Å². The van der Waals surface area contributed by atoms with Crippen LogP contribution in [-0.2, 0) is 0 Å². The maximum Gasteiger partial charge on any atom is 0.169 e. The van der Waals surface area contributed by atoms with Crippen molar-refractivity contribution in [3.63, 3.8) is 0 Å². The lowest BCUT2D eigenvalue weighted by Gasteiger charge is -2.34. The molecule has 92 valence electrons. The Morgan fingerprint density at radius 3 is 2.19 bits per heavy atom. The maximum atomic E-state index is 5.51. The Kier molecular flexibility index (Phi) is 4.45. The fourth-order valence-corrected chi connectivity index (χ4v) is 3.30. The summed E-state index contributed by atoms with van der Waals surface area (Å²) in [6, 6.07) is 1.34. The molecule has 0 amide bonds. The van der Waals surface area contributed by atoms with Crippen LogP contribution in [0.3, 0.4) is 0 Å². The van der Waals surface area contributed by atoms with Gasteiger partial charge in [0.2, 0.25) is 0 Å². The van der Waals surface area contributed by atoms with Gasteiger partial charge in [0.25, 0.3) is 0 Å². The average Bonchev–Trinajstić information content (AvgIpc) is 2.82. The molecule has 0 saturated heterocycles. The fraction of sp³-hybridized carbons (Fsp3) is 0.923. The maximum absolute atomic E-state index is 5.51. The zero-order chi connectivity index (χ0) is 11.4. The summed E-state index contributed by atoms with van der Waals surface area (Å²) in [7, 11) is 2.17. The van der Waals surface area contributed by atoms with Crippen LogP contribution >= 0.6 is 12.2 Å². The second-order valence-electron chi connectivity index (χ2n) is 5.33. The number of thiocarbonyl (C=S) groups is 1. The topological polar surface area (TPSA) is 15.3 Å². The monoisotopic (exact) mass is 240 g/mol. The highest BCUT2D eigenvalue weighted by atomic mass is 32.1. The summed E-state index contributed by atoms with van der Waals surface area (Å²) in [6.45, 7) is 0. The molecule has 0 aromatic rings. The van der Waals surface area contributed by atoms with E-state index < -0.39 is 0 Å². The second kappa shape index (κ2) is 5.85. The van der Waals surface area contributed by atoms with E-state index in [-0.39, 0.29) is 0 Å². The van der Waals surface area contributed by atoms with Crippen molar-refractivity contribution in [2.45, 2.75) is 69.9 Å². The zero-order valence-electron chi connectivity index (χ0n) is 10.4. The van der Waals surface area contributed by atoms with Gasteiger partial charge in [-0.1, -0.05) is 32.1 Å². The van der Waals surface area contributed by atoms with Gasteiger partial charge in [0.15, 0.2) is 5.11 Å². The first-order valence-electron chi connectivity index (χ1n) is 6.80. The largest absolute Gasteiger partial charge is 0.360 e. The second-order valence-corrected chi connectivity index (χ2v) is 5.72. The standard InChI is InChI=1S/C13H24N2S/c1-15(12-9-3-2-4-10-12)13(16)14-11-7-5-6-8-11/h11-12H,2-10H2,1H3,(H,14,16). The molecule has 2 saturated carbocycles. The van der Waals surface area contributed by atoms with Crippen molar-refractivity contribution in [3.8, 4) is 0 Å². The molecule has 0 heterocycles. The highest BCUT2D eigenvalue weighted by Gasteiger charge is 2.22. The molecule has 0 radical (unpaired) electrons. The molecule has 2 fully saturated rings. The Bertz CT molecular complexity index is 230. The van der Waals surface area contributed by atoms with E-state index in [0.717, 1.165) is 5.11 Å². The smallest absolute Gasteiger partial charge is 0.169 e. The minimum atomic E-state index is 0.651. The number of nitrogens with one attached hydrogen (secondary N) is 1. The van der Waals surface area contributed by atoms with Crippen LogP contribution < -0.4 is 5.32 Å². The number of hydrogen-bond donors (Lipinski definition) is 1. The van der Waals surface area contributed by atoms with Gasteiger partial charge in [-0.2, -0.15) is 0 Å². The van der Waals surface area contributed by atoms with Crippen LogP contribution in [0.1, 0.15) is 57.8 Å². The summed E-state index contributed by atoms with van der Waals surface area (Å²) in [5.74, 6) is 0. The molecule has 0 bridgehead atoms. The molecule has 0 unspecified atom stereocenters. The number of nitrogens with zero attached hydrogens (tertiary/aromatic N) is 1. The van der Waals surface area contributed by atoms with Crippen LogP contribution in [0.5, 0.6) is 0 Å². The predicted octanol–water partition coefficient (Wildman–Crippen LogP) is 3.07. The van der Waals surface area contributed by atoms with E-state index in [9.17, 15) is 0 Å². The molecule has 0 aliphatic heterocycles. The zero-order valence-corrected chi connectivity index (χ0v) is 11.2. The first kappa shape index (κ1) is 12.2. The first-order chi connectivity index (χ1) is 7.77.